The van der Waals surface area contributed by atoms with Crippen LogP contribution in [-0.4, -0.2) is 5.91 Å². The number of hydrogen-bond acceptors (Lipinski definition) is 3. The number of aryl methyl sites for hydroxylation is 1. The lowest BCUT2D eigenvalue weighted by atomic mass is 10.2. The van der Waals surface area contributed by atoms with Crippen molar-refractivity contribution in [2.24, 2.45) is 0 Å². The first-order valence-electron chi connectivity index (χ1n) is 5.52. The van der Waals surface area contributed by atoms with Gasteiger partial charge in [-0.1, -0.05) is 0 Å². The van der Waals surface area contributed by atoms with E-state index in [0.717, 1.165) is 10.2 Å². The third-order valence-corrected chi connectivity index (χ3v) is 3.10. The Hall–Kier alpha value is -1.75. The zero-order valence-electron chi connectivity index (χ0n) is 9.65. The molecule has 2 rings (SSSR count). The summed E-state index contributed by atoms with van der Waals surface area (Å²) in [5.74, 6) is 0.749. The van der Waals surface area contributed by atoms with E-state index in [4.69, 9.17) is 10.2 Å². The molecule has 0 atom stereocenters. The van der Waals surface area contributed by atoms with Gasteiger partial charge in [0, 0.05) is 23.0 Å². The van der Waals surface area contributed by atoms with Gasteiger partial charge in [0.25, 0.3) is 0 Å². The SMILES string of the molecule is Nc1ccc(NC(=O)CCc2ccco2)c(Br)c1. The summed E-state index contributed by atoms with van der Waals surface area (Å²) < 4.78 is 5.94. The smallest absolute Gasteiger partial charge is 0.224 e. The topological polar surface area (TPSA) is 68.3 Å². The van der Waals surface area contributed by atoms with Crippen molar-refractivity contribution in [3.05, 3.63) is 46.8 Å². The summed E-state index contributed by atoms with van der Waals surface area (Å²) in [5, 5.41) is 2.82. The van der Waals surface area contributed by atoms with Gasteiger partial charge in [-0.05, 0) is 46.3 Å². The summed E-state index contributed by atoms with van der Waals surface area (Å²) in [4.78, 5) is 11.7. The number of furan rings is 1. The van der Waals surface area contributed by atoms with E-state index in [-0.39, 0.29) is 5.91 Å². The first-order chi connectivity index (χ1) is 8.65. The number of rotatable bonds is 4. The summed E-state index contributed by atoms with van der Waals surface area (Å²) in [6, 6.07) is 8.93. The van der Waals surface area contributed by atoms with E-state index in [1.807, 2.05) is 12.1 Å². The normalized spacial score (nSPS) is 10.3. The number of carbonyl (C=O) groups excluding carboxylic acids is 1. The van der Waals surface area contributed by atoms with Crippen molar-refractivity contribution in [1.29, 1.82) is 0 Å². The average molecular weight is 309 g/mol. The predicted octanol–water partition coefficient (Wildman–Crippen LogP) is 3.20. The van der Waals surface area contributed by atoms with Crippen LogP contribution in [0.3, 0.4) is 0 Å². The summed E-state index contributed by atoms with van der Waals surface area (Å²) in [7, 11) is 0. The molecule has 0 radical (unpaired) electrons. The fourth-order valence-electron chi connectivity index (χ4n) is 1.54. The molecule has 0 saturated carbocycles. The van der Waals surface area contributed by atoms with Gasteiger partial charge < -0.3 is 15.5 Å². The Kier molecular flexibility index (Phi) is 4.04. The van der Waals surface area contributed by atoms with Crippen molar-refractivity contribution in [3.63, 3.8) is 0 Å². The van der Waals surface area contributed by atoms with E-state index in [9.17, 15) is 4.79 Å². The van der Waals surface area contributed by atoms with Crippen LogP contribution < -0.4 is 11.1 Å². The van der Waals surface area contributed by atoms with Crippen LogP contribution in [0.1, 0.15) is 12.2 Å². The first kappa shape index (κ1) is 12.7. The van der Waals surface area contributed by atoms with Gasteiger partial charge in [0.15, 0.2) is 0 Å². The molecule has 1 heterocycles. The van der Waals surface area contributed by atoms with Gasteiger partial charge in [-0.25, -0.2) is 0 Å². The van der Waals surface area contributed by atoms with Gasteiger partial charge in [-0.3, -0.25) is 4.79 Å². The molecule has 0 spiro atoms. The van der Waals surface area contributed by atoms with E-state index >= 15 is 0 Å². The molecular weight excluding hydrogens is 296 g/mol. The number of amides is 1. The van der Waals surface area contributed by atoms with Crippen LogP contribution in [-0.2, 0) is 11.2 Å². The molecule has 0 bridgehead atoms. The Morgan fingerprint density at radius 1 is 1.39 bits per heavy atom. The number of nitrogens with one attached hydrogen (secondary N) is 1. The molecule has 0 unspecified atom stereocenters. The fourth-order valence-corrected chi connectivity index (χ4v) is 2.03. The molecule has 0 aliphatic heterocycles. The average Bonchev–Trinajstić information content (AvgIpc) is 2.83. The molecule has 3 N–H and O–H groups in total. The quantitative estimate of drug-likeness (QED) is 0.852. The Morgan fingerprint density at radius 2 is 2.22 bits per heavy atom. The molecule has 94 valence electrons. The monoisotopic (exact) mass is 308 g/mol. The maximum absolute atomic E-state index is 11.7. The van der Waals surface area contributed by atoms with Gasteiger partial charge in [-0.2, -0.15) is 0 Å². The van der Waals surface area contributed by atoms with Crippen LogP contribution in [0, 0.1) is 0 Å². The molecule has 2 aromatic rings. The minimum atomic E-state index is -0.0585. The highest BCUT2D eigenvalue weighted by molar-refractivity contribution is 9.10. The van der Waals surface area contributed by atoms with Gasteiger partial charge >= 0.3 is 0 Å². The Morgan fingerprint density at radius 3 is 2.89 bits per heavy atom. The van der Waals surface area contributed by atoms with Crippen molar-refractivity contribution in [3.8, 4) is 0 Å². The van der Waals surface area contributed by atoms with E-state index in [0.29, 0.717) is 24.2 Å². The molecule has 1 aromatic carbocycles. The van der Waals surface area contributed by atoms with E-state index in [1.165, 1.54) is 0 Å². The molecule has 0 saturated heterocycles. The largest absolute Gasteiger partial charge is 0.469 e. The maximum Gasteiger partial charge on any atom is 0.224 e. The minimum Gasteiger partial charge on any atom is -0.469 e. The second-order valence-electron chi connectivity index (χ2n) is 3.87. The van der Waals surface area contributed by atoms with Crippen molar-refractivity contribution in [2.45, 2.75) is 12.8 Å². The lowest BCUT2D eigenvalue weighted by Gasteiger charge is -2.07. The summed E-state index contributed by atoms with van der Waals surface area (Å²) in [6.07, 6.45) is 2.57. The lowest BCUT2D eigenvalue weighted by molar-refractivity contribution is -0.116. The van der Waals surface area contributed by atoms with Gasteiger partial charge in [0.2, 0.25) is 5.91 Å². The highest BCUT2D eigenvalue weighted by atomic mass is 79.9. The van der Waals surface area contributed by atoms with Gasteiger partial charge in [0.1, 0.15) is 5.76 Å². The number of hydrogen-bond donors (Lipinski definition) is 2. The van der Waals surface area contributed by atoms with Gasteiger partial charge in [0.05, 0.1) is 12.0 Å². The molecule has 0 aliphatic rings. The highest BCUT2D eigenvalue weighted by Gasteiger charge is 2.07. The fraction of sp³-hybridized carbons (Fsp3) is 0.154. The number of benzene rings is 1. The number of nitrogens with two attached hydrogens (primary N) is 1. The minimum absolute atomic E-state index is 0.0585. The lowest BCUT2D eigenvalue weighted by Crippen LogP contribution is -2.12. The van der Waals surface area contributed by atoms with E-state index in [2.05, 4.69) is 21.2 Å². The van der Waals surface area contributed by atoms with Crippen molar-refractivity contribution < 1.29 is 9.21 Å². The second kappa shape index (κ2) is 5.73. The van der Waals surface area contributed by atoms with E-state index in [1.54, 1.807) is 24.5 Å². The predicted molar refractivity (Wildman–Crippen MR) is 74.2 cm³/mol. The number of halogens is 1. The summed E-state index contributed by atoms with van der Waals surface area (Å²) in [5.41, 5.74) is 6.99. The number of nitrogen functional groups attached to an aromatic ring is 1. The van der Waals surface area contributed by atoms with Crippen LogP contribution in [0.2, 0.25) is 0 Å². The first-order valence-corrected chi connectivity index (χ1v) is 6.32. The third-order valence-electron chi connectivity index (χ3n) is 2.45. The molecular formula is C13H13BrN2O2. The molecule has 0 fully saturated rings. The molecule has 1 amide bonds. The van der Waals surface area contributed by atoms with Crippen molar-refractivity contribution >= 4 is 33.2 Å². The second-order valence-corrected chi connectivity index (χ2v) is 4.72. The van der Waals surface area contributed by atoms with Crippen LogP contribution in [0.4, 0.5) is 11.4 Å². The summed E-state index contributed by atoms with van der Waals surface area (Å²) >= 11 is 3.35. The van der Waals surface area contributed by atoms with Crippen LogP contribution in [0.5, 0.6) is 0 Å². The zero-order valence-corrected chi connectivity index (χ0v) is 11.2. The molecule has 5 heteroatoms. The Balaban J connectivity index is 1.91. The van der Waals surface area contributed by atoms with Crippen LogP contribution in [0.25, 0.3) is 0 Å². The maximum atomic E-state index is 11.7. The van der Waals surface area contributed by atoms with Crippen LogP contribution >= 0.6 is 15.9 Å². The molecule has 4 nitrogen and oxygen atoms in total. The van der Waals surface area contributed by atoms with Crippen LogP contribution in [0.15, 0.2) is 45.5 Å². The van der Waals surface area contributed by atoms with Crippen molar-refractivity contribution in [1.82, 2.24) is 0 Å². The molecule has 1 aromatic heterocycles. The standard InChI is InChI=1S/C13H13BrN2O2/c14-11-8-9(15)3-5-12(11)16-13(17)6-4-10-2-1-7-18-10/h1-3,5,7-8H,4,6,15H2,(H,16,17). The summed E-state index contributed by atoms with van der Waals surface area (Å²) in [6.45, 7) is 0. The zero-order chi connectivity index (χ0) is 13.0. The molecule has 18 heavy (non-hydrogen) atoms. The van der Waals surface area contributed by atoms with Gasteiger partial charge in [-0.15, -0.1) is 0 Å². The van der Waals surface area contributed by atoms with Crippen molar-refractivity contribution in [2.75, 3.05) is 11.1 Å². The Labute approximate surface area is 113 Å². The Bertz CT molecular complexity index is 538. The third kappa shape index (κ3) is 3.37. The van der Waals surface area contributed by atoms with E-state index < -0.39 is 0 Å². The number of carbonyl (C=O) groups is 1. The highest BCUT2D eigenvalue weighted by Crippen LogP contribution is 2.24. The molecule has 0 aliphatic carbocycles. The number of anilines is 2.